The molecule has 0 spiro atoms. The molecule has 0 fully saturated rings. The number of unbranched alkanes of at least 4 members (excludes halogenated alkanes) is 1. The number of pyridine rings is 1. The lowest BCUT2D eigenvalue weighted by molar-refractivity contribution is 0.0953. The van der Waals surface area contributed by atoms with Crippen molar-refractivity contribution >= 4 is 28.5 Å². The third kappa shape index (κ3) is 4.46. The van der Waals surface area contributed by atoms with Gasteiger partial charge in [0.25, 0.3) is 5.91 Å². The summed E-state index contributed by atoms with van der Waals surface area (Å²) in [6, 6.07) is 2.87. The van der Waals surface area contributed by atoms with Crippen molar-refractivity contribution in [2.75, 3.05) is 11.0 Å². The van der Waals surface area contributed by atoms with Gasteiger partial charge in [-0.1, -0.05) is 22.6 Å². The fraction of sp³-hybridized carbons (Fsp3) is 0.400. The number of rotatable bonds is 5. The Labute approximate surface area is 102 Å². The van der Waals surface area contributed by atoms with Crippen molar-refractivity contribution in [1.29, 1.82) is 0 Å². The van der Waals surface area contributed by atoms with Gasteiger partial charge in [0.15, 0.2) is 0 Å². The molecule has 0 aromatic carbocycles. The van der Waals surface area contributed by atoms with E-state index in [4.69, 9.17) is 0 Å². The maximum atomic E-state index is 11.5. The standard InChI is InChI=1S/C10H13IN2O2/c11-5-1-2-6-12-10(15)8-3-4-9(14)13-7-8/h3-4,7H,1-2,5-6H2,(H,12,15)(H,13,14). The molecule has 1 heterocycles. The van der Waals surface area contributed by atoms with Gasteiger partial charge in [0.2, 0.25) is 5.56 Å². The van der Waals surface area contributed by atoms with Gasteiger partial charge < -0.3 is 10.3 Å². The summed E-state index contributed by atoms with van der Waals surface area (Å²) in [5.41, 5.74) is 0.292. The van der Waals surface area contributed by atoms with Crippen LogP contribution in [0, 0.1) is 0 Å². The minimum absolute atomic E-state index is 0.139. The van der Waals surface area contributed by atoms with E-state index >= 15 is 0 Å². The fourth-order valence-electron chi connectivity index (χ4n) is 1.08. The van der Waals surface area contributed by atoms with Crippen molar-refractivity contribution in [3.63, 3.8) is 0 Å². The van der Waals surface area contributed by atoms with Crippen molar-refractivity contribution in [3.05, 3.63) is 34.2 Å². The molecule has 0 aliphatic carbocycles. The topological polar surface area (TPSA) is 62.0 Å². The molecule has 0 atom stereocenters. The molecule has 15 heavy (non-hydrogen) atoms. The minimum Gasteiger partial charge on any atom is -0.352 e. The van der Waals surface area contributed by atoms with E-state index in [0.717, 1.165) is 17.3 Å². The highest BCUT2D eigenvalue weighted by Crippen LogP contribution is 1.95. The number of nitrogens with one attached hydrogen (secondary N) is 2. The number of H-pyrrole nitrogens is 1. The van der Waals surface area contributed by atoms with E-state index in [1.54, 1.807) is 0 Å². The molecule has 0 aliphatic rings. The van der Waals surface area contributed by atoms with Crippen molar-refractivity contribution in [1.82, 2.24) is 10.3 Å². The lowest BCUT2D eigenvalue weighted by Gasteiger charge is -2.03. The number of hydrogen-bond donors (Lipinski definition) is 2. The van der Waals surface area contributed by atoms with Crippen LogP contribution >= 0.6 is 22.6 Å². The van der Waals surface area contributed by atoms with Gasteiger partial charge in [-0.15, -0.1) is 0 Å². The average molecular weight is 320 g/mol. The fourth-order valence-corrected chi connectivity index (χ4v) is 1.61. The summed E-state index contributed by atoms with van der Waals surface area (Å²) >= 11 is 2.31. The average Bonchev–Trinajstić information content (AvgIpc) is 2.25. The van der Waals surface area contributed by atoms with Crippen LogP contribution in [0.3, 0.4) is 0 Å². The van der Waals surface area contributed by atoms with Gasteiger partial charge in [0, 0.05) is 18.8 Å². The Morgan fingerprint density at radius 2 is 2.20 bits per heavy atom. The normalized spacial score (nSPS) is 9.93. The van der Waals surface area contributed by atoms with Gasteiger partial charge in [-0.05, 0) is 23.3 Å². The van der Waals surface area contributed by atoms with Crippen molar-refractivity contribution in [2.45, 2.75) is 12.8 Å². The van der Waals surface area contributed by atoms with Crippen molar-refractivity contribution in [3.8, 4) is 0 Å². The molecule has 5 heteroatoms. The van der Waals surface area contributed by atoms with Crippen LogP contribution in [0.1, 0.15) is 23.2 Å². The Kier molecular flexibility index (Phi) is 5.38. The highest BCUT2D eigenvalue weighted by Gasteiger charge is 2.03. The molecule has 0 saturated heterocycles. The number of carbonyl (C=O) groups is 1. The molecule has 82 valence electrons. The number of hydrogen-bond acceptors (Lipinski definition) is 2. The Balaban J connectivity index is 2.40. The largest absolute Gasteiger partial charge is 0.352 e. The number of aromatic nitrogens is 1. The van der Waals surface area contributed by atoms with Gasteiger partial charge >= 0.3 is 0 Å². The summed E-state index contributed by atoms with van der Waals surface area (Å²) in [5, 5.41) is 2.79. The maximum absolute atomic E-state index is 11.5. The van der Waals surface area contributed by atoms with Crippen LogP contribution in [-0.2, 0) is 0 Å². The Hall–Kier alpha value is -0.850. The SMILES string of the molecule is O=C(NCCCCI)c1ccc(=O)[nH]c1. The molecular formula is C10H13IN2O2. The first kappa shape index (κ1) is 12.2. The first-order valence-corrected chi connectivity index (χ1v) is 6.29. The van der Waals surface area contributed by atoms with E-state index in [1.165, 1.54) is 18.3 Å². The minimum atomic E-state index is -0.198. The van der Waals surface area contributed by atoms with Crippen molar-refractivity contribution < 1.29 is 4.79 Å². The highest BCUT2D eigenvalue weighted by atomic mass is 127. The number of alkyl halides is 1. The molecule has 0 aliphatic heterocycles. The predicted molar refractivity (Wildman–Crippen MR) is 67.5 cm³/mol. The lowest BCUT2D eigenvalue weighted by atomic mass is 10.2. The van der Waals surface area contributed by atoms with E-state index < -0.39 is 0 Å². The van der Waals surface area contributed by atoms with E-state index in [-0.39, 0.29) is 11.5 Å². The zero-order valence-electron chi connectivity index (χ0n) is 8.25. The van der Waals surface area contributed by atoms with Gasteiger partial charge in [0.1, 0.15) is 0 Å². The molecule has 4 nitrogen and oxygen atoms in total. The Bertz CT molecular complexity index is 355. The summed E-state index contributed by atoms with van der Waals surface area (Å²) < 4.78 is 1.10. The highest BCUT2D eigenvalue weighted by molar-refractivity contribution is 14.1. The third-order valence-corrected chi connectivity index (χ3v) is 2.66. The van der Waals surface area contributed by atoms with E-state index in [9.17, 15) is 9.59 Å². The zero-order valence-corrected chi connectivity index (χ0v) is 10.4. The first-order valence-electron chi connectivity index (χ1n) is 4.77. The molecule has 2 N–H and O–H groups in total. The van der Waals surface area contributed by atoms with Crippen LogP contribution in [0.25, 0.3) is 0 Å². The number of carbonyl (C=O) groups excluding carboxylic acids is 1. The Morgan fingerprint density at radius 1 is 1.40 bits per heavy atom. The molecular weight excluding hydrogens is 307 g/mol. The quantitative estimate of drug-likeness (QED) is 0.488. The summed E-state index contributed by atoms with van der Waals surface area (Å²) in [4.78, 5) is 24.7. The maximum Gasteiger partial charge on any atom is 0.252 e. The third-order valence-electron chi connectivity index (χ3n) is 1.89. The van der Waals surface area contributed by atoms with E-state index in [1.807, 2.05) is 0 Å². The summed E-state index contributed by atoms with van der Waals surface area (Å²) in [7, 11) is 0. The molecule has 0 radical (unpaired) electrons. The van der Waals surface area contributed by atoms with Crippen LogP contribution in [-0.4, -0.2) is 21.9 Å². The predicted octanol–water partition coefficient (Wildman–Crippen LogP) is 1.32. The van der Waals surface area contributed by atoms with Gasteiger partial charge in [0.05, 0.1) is 5.56 Å². The van der Waals surface area contributed by atoms with Crippen LogP contribution in [0.2, 0.25) is 0 Å². The van der Waals surface area contributed by atoms with Crippen LogP contribution in [0.5, 0.6) is 0 Å². The number of aromatic amines is 1. The Morgan fingerprint density at radius 3 is 2.80 bits per heavy atom. The van der Waals surface area contributed by atoms with E-state index in [2.05, 4.69) is 32.9 Å². The first-order chi connectivity index (χ1) is 7.24. The second kappa shape index (κ2) is 6.60. The summed E-state index contributed by atoms with van der Waals surface area (Å²) in [6.07, 6.45) is 3.51. The molecule has 1 aromatic rings. The van der Waals surface area contributed by atoms with Gasteiger partial charge in [-0.3, -0.25) is 9.59 Å². The molecule has 0 unspecified atom stereocenters. The van der Waals surface area contributed by atoms with Crippen molar-refractivity contribution in [2.24, 2.45) is 0 Å². The molecule has 1 aromatic heterocycles. The smallest absolute Gasteiger partial charge is 0.252 e. The van der Waals surface area contributed by atoms with Crippen LogP contribution in [0.15, 0.2) is 23.1 Å². The molecule has 0 saturated carbocycles. The zero-order chi connectivity index (χ0) is 11.1. The van der Waals surface area contributed by atoms with Gasteiger partial charge in [-0.2, -0.15) is 0 Å². The lowest BCUT2D eigenvalue weighted by Crippen LogP contribution is -2.25. The summed E-state index contributed by atoms with van der Waals surface area (Å²) in [6.45, 7) is 0.682. The monoisotopic (exact) mass is 320 g/mol. The molecule has 1 rings (SSSR count). The molecule has 0 bridgehead atoms. The van der Waals surface area contributed by atoms with Gasteiger partial charge in [-0.25, -0.2) is 0 Å². The molecule has 1 amide bonds. The number of amides is 1. The van der Waals surface area contributed by atoms with E-state index in [0.29, 0.717) is 12.1 Å². The van der Waals surface area contributed by atoms with Crippen LogP contribution in [0.4, 0.5) is 0 Å². The number of halogens is 1. The van der Waals surface area contributed by atoms with Crippen LogP contribution < -0.4 is 10.9 Å². The second-order valence-electron chi connectivity index (χ2n) is 3.09. The second-order valence-corrected chi connectivity index (χ2v) is 4.17. The summed E-state index contributed by atoms with van der Waals surface area (Å²) in [5.74, 6) is -0.139.